The molecule has 1 fully saturated rings. The van der Waals surface area contributed by atoms with Gasteiger partial charge in [-0.05, 0) is 25.0 Å². The van der Waals surface area contributed by atoms with Crippen LogP contribution in [0, 0.1) is 0 Å². The van der Waals surface area contributed by atoms with E-state index in [1.807, 2.05) is 6.92 Å². The van der Waals surface area contributed by atoms with Crippen molar-refractivity contribution in [2.75, 3.05) is 6.54 Å². The number of carbonyl (C=O) groups is 1. The Labute approximate surface area is 113 Å². The monoisotopic (exact) mass is 285 g/mol. The fourth-order valence-electron chi connectivity index (χ4n) is 2.65. The van der Waals surface area contributed by atoms with Crippen LogP contribution >= 0.6 is 0 Å². The maximum Gasteiger partial charge on any atom is 0.276 e. The van der Waals surface area contributed by atoms with Crippen LogP contribution in [0.1, 0.15) is 49.6 Å². The van der Waals surface area contributed by atoms with Gasteiger partial charge in [0.1, 0.15) is 0 Å². The Balaban J connectivity index is 2.26. The summed E-state index contributed by atoms with van der Waals surface area (Å²) in [7, 11) is -3.63. The number of hydrogen-bond acceptors (Lipinski definition) is 4. The molecule has 1 aliphatic carbocycles. The molecule has 0 radical (unpaired) electrons. The van der Waals surface area contributed by atoms with Gasteiger partial charge in [-0.3, -0.25) is 4.79 Å². The molecule has 1 saturated carbocycles. The molecule has 0 atom stereocenters. The normalized spacial score (nSPS) is 17.8. The van der Waals surface area contributed by atoms with Crippen molar-refractivity contribution in [3.05, 3.63) is 17.9 Å². The first-order valence-corrected chi connectivity index (χ1v) is 8.10. The van der Waals surface area contributed by atoms with Crippen LogP contribution in [0.4, 0.5) is 0 Å². The van der Waals surface area contributed by atoms with Crippen LogP contribution in [0.2, 0.25) is 0 Å². The van der Waals surface area contributed by atoms with E-state index < -0.39 is 10.0 Å². The third-order valence-electron chi connectivity index (χ3n) is 3.57. The molecule has 1 heterocycles. The molecule has 0 N–H and O–H groups in total. The van der Waals surface area contributed by atoms with Crippen molar-refractivity contribution < 1.29 is 17.6 Å². The molecule has 0 aromatic carbocycles. The third kappa shape index (κ3) is 2.90. The molecule has 1 aliphatic rings. The van der Waals surface area contributed by atoms with Gasteiger partial charge in [0.2, 0.25) is 5.09 Å². The van der Waals surface area contributed by atoms with Crippen LogP contribution in [0.3, 0.4) is 0 Å². The van der Waals surface area contributed by atoms with E-state index in [2.05, 4.69) is 0 Å². The molecule has 19 heavy (non-hydrogen) atoms. The van der Waals surface area contributed by atoms with E-state index in [1.165, 1.54) is 22.9 Å². The van der Waals surface area contributed by atoms with Crippen molar-refractivity contribution in [2.24, 2.45) is 0 Å². The Morgan fingerprint density at radius 2 is 2.00 bits per heavy atom. The zero-order valence-corrected chi connectivity index (χ0v) is 11.9. The number of furan rings is 1. The molecule has 0 unspecified atom stereocenters. The van der Waals surface area contributed by atoms with E-state index in [-0.39, 0.29) is 16.9 Å². The molecule has 6 heteroatoms. The van der Waals surface area contributed by atoms with Crippen LogP contribution in [0.15, 0.2) is 21.6 Å². The highest BCUT2D eigenvalue weighted by atomic mass is 32.2. The number of sulfonamides is 1. The fourth-order valence-corrected chi connectivity index (χ4v) is 4.26. The minimum atomic E-state index is -3.63. The summed E-state index contributed by atoms with van der Waals surface area (Å²) in [6.07, 6.45) is 5.60. The first-order chi connectivity index (χ1) is 9.09. The standard InChI is InChI=1S/C13H19NO4S/c1-2-14(11-6-4-3-5-7-11)19(16,17)13-9-8-12(10-15)18-13/h8-11H,2-7H2,1H3. The first-order valence-electron chi connectivity index (χ1n) is 6.66. The SMILES string of the molecule is CCN(C1CCCCC1)S(=O)(=O)c1ccc(C=O)o1. The van der Waals surface area contributed by atoms with Crippen LogP contribution in [0.5, 0.6) is 0 Å². The first kappa shape index (κ1) is 14.3. The van der Waals surface area contributed by atoms with E-state index in [4.69, 9.17) is 4.42 Å². The van der Waals surface area contributed by atoms with Gasteiger partial charge in [0, 0.05) is 12.6 Å². The summed E-state index contributed by atoms with van der Waals surface area (Å²) in [5.74, 6) is 0.0401. The summed E-state index contributed by atoms with van der Waals surface area (Å²) in [6.45, 7) is 2.25. The lowest BCUT2D eigenvalue weighted by Gasteiger charge is -2.31. The summed E-state index contributed by atoms with van der Waals surface area (Å²) in [5, 5.41) is -0.137. The average Bonchev–Trinajstić information content (AvgIpc) is 2.90. The summed E-state index contributed by atoms with van der Waals surface area (Å²) >= 11 is 0. The molecule has 1 aromatic heterocycles. The summed E-state index contributed by atoms with van der Waals surface area (Å²) in [5.41, 5.74) is 0. The molecule has 0 saturated heterocycles. The zero-order chi connectivity index (χ0) is 13.9. The smallest absolute Gasteiger partial charge is 0.276 e. The zero-order valence-electron chi connectivity index (χ0n) is 11.0. The van der Waals surface area contributed by atoms with Crippen LogP contribution < -0.4 is 0 Å². The topological polar surface area (TPSA) is 67.6 Å². The van der Waals surface area contributed by atoms with Gasteiger partial charge in [-0.1, -0.05) is 26.2 Å². The molecule has 106 valence electrons. The van der Waals surface area contributed by atoms with Gasteiger partial charge in [-0.25, -0.2) is 8.42 Å². The summed E-state index contributed by atoms with van der Waals surface area (Å²) in [6, 6.07) is 2.78. The molecule has 2 rings (SSSR count). The lowest BCUT2D eigenvalue weighted by Crippen LogP contribution is -2.41. The Morgan fingerprint density at radius 1 is 1.32 bits per heavy atom. The number of rotatable bonds is 5. The van der Waals surface area contributed by atoms with Crippen LogP contribution in [-0.2, 0) is 10.0 Å². The van der Waals surface area contributed by atoms with Crippen molar-refractivity contribution in [1.82, 2.24) is 4.31 Å². The highest BCUT2D eigenvalue weighted by Crippen LogP contribution is 2.28. The number of nitrogens with zero attached hydrogens (tertiary/aromatic N) is 1. The van der Waals surface area contributed by atoms with E-state index in [0.29, 0.717) is 12.8 Å². The van der Waals surface area contributed by atoms with Crippen molar-refractivity contribution in [2.45, 2.75) is 50.2 Å². The Morgan fingerprint density at radius 3 is 2.53 bits per heavy atom. The Kier molecular flexibility index (Phi) is 4.42. The van der Waals surface area contributed by atoms with Gasteiger partial charge >= 0.3 is 0 Å². The molecule has 0 spiro atoms. The molecule has 0 amide bonds. The highest BCUT2D eigenvalue weighted by Gasteiger charge is 2.33. The van der Waals surface area contributed by atoms with E-state index >= 15 is 0 Å². The lowest BCUT2D eigenvalue weighted by atomic mass is 9.95. The second-order valence-corrected chi connectivity index (χ2v) is 6.60. The van der Waals surface area contributed by atoms with Gasteiger partial charge in [0.25, 0.3) is 10.0 Å². The predicted molar refractivity (Wildman–Crippen MR) is 70.5 cm³/mol. The Bertz CT molecular complexity index is 529. The molecule has 5 nitrogen and oxygen atoms in total. The second kappa shape index (κ2) is 5.88. The molecule has 0 aliphatic heterocycles. The molecular formula is C13H19NO4S. The van der Waals surface area contributed by atoms with Gasteiger partial charge in [0.15, 0.2) is 12.0 Å². The minimum absolute atomic E-state index is 0.0401. The van der Waals surface area contributed by atoms with E-state index in [1.54, 1.807) is 0 Å². The average molecular weight is 285 g/mol. The van der Waals surface area contributed by atoms with Crippen LogP contribution in [-0.4, -0.2) is 31.6 Å². The van der Waals surface area contributed by atoms with Crippen molar-refractivity contribution in [3.8, 4) is 0 Å². The highest BCUT2D eigenvalue weighted by molar-refractivity contribution is 7.89. The second-order valence-electron chi connectivity index (χ2n) is 4.77. The minimum Gasteiger partial charge on any atom is -0.440 e. The van der Waals surface area contributed by atoms with Gasteiger partial charge in [-0.15, -0.1) is 0 Å². The van der Waals surface area contributed by atoms with Crippen molar-refractivity contribution in [1.29, 1.82) is 0 Å². The number of carbonyl (C=O) groups excluding carboxylic acids is 1. The molecule has 1 aromatic rings. The van der Waals surface area contributed by atoms with Gasteiger partial charge in [-0.2, -0.15) is 4.31 Å². The quantitative estimate of drug-likeness (QED) is 0.779. The van der Waals surface area contributed by atoms with Crippen LogP contribution in [0.25, 0.3) is 0 Å². The lowest BCUT2D eigenvalue weighted by molar-refractivity contribution is 0.109. The molecule has 0 bridgehead atoms. The Hall–Kier alpha value is -1.14. The summed E-state index contributed by atoms with van der Waals surface area (Å²) in [4.78, 5) is 10.6. The molecular weight excluding hydrogens is 266 g/mol. The third-order valence-corrected chi connectivity index (χ3v) is 5.48. The van der Waals surface area contributed by atoms with Crippen molar-refractivity contribution in [3.63, 3.8) is 0 Å². The number of hydrogen-bond donors (Lipinski definition) is 0. The maximum absolute atomic E-state index is 12.5. The largest absolute Gasteiger partial charge is 0.440 e. The number of aldehydes is 1. The summed E-state index contributed by atoms with van der Waals surface area (Å²) < 4.78 is 31.6. The van der Waals surface area contributed by atoms with Gasteiger partial charge in [0.05, 0.1) is 0 Å². The predicted octanol–water partition coefficient (Wildman–Crippen LogP) is 2.44. The van der Waals surface area contributed by atoms with E-state index in [0.717, 1.165) is 25.7 Å². The van der Waals surface area contributed by atoms with Crippen molar-refractivity contribution >= 4 is 16.3 Å². The fraction of sp³-hybridized carbons (Fsp3) is 0.615. The maximum atomic E-state index is 12.5. The van der Waals surface area contributed by atoms with E-state index in [9.17, 15) is 13.2 Å². The van der Waals surface area contributed by atoms with Gasteiger partial charge < -0.3 is 4.42 Å².